The van der Waals surface area contributed by atoms with E-state index >= 15 is 0 Å². The number of ketones is 1. The van der Waals surface area contributed by atoms with Crippen LogP contribution in [0, 0.1) is 0 Å². The molecule has 1 saturated heterocycles. The molecule has 3 rings (SSSR count). The Hall–Kier alpha value is -3.48. The predicted octanol–water partition coefficient (Wildman–Crippen LogP) is 3.20. The number of rotatable bonds is 6. The first-order valence-corrected chi connectivity index (χ1v) is 9.39. The minimum atomic E-state index is -1.07. The molecule has 1 aliphatic rings. The number of nitrogens with zero attached hydrogens (tertiary/aromatic N) is 1. The second-order valence-corrected chi connectivity index (χ2v) is 6.84. The molecule has 1 atom stereocenters. The van der Waals surface area contributed by atoms with Gasteiger partial charge in [-0.05, 0) is 50.6 Å². The lowest BCUT2D eigenvalue weighted by Crippen LogP contribution is -2.30. The first kappa shape index (κ1) is 20.3. The Bertz CT molecular complexity index is 969. The summed E-state index contributed by atoms with van der Waals surface area (Å²) < 4.78 is 5.28. The molecule has 0 bridgehead atoms. The molecule has 0 saturated carbocycles. The van der Waals surface area contributed by atoms with Gasteiger partial charge in [0.05, 0.1) is 11.3 Å². The van der Waals surface area contributed by atoms with Crippen LogP contribution in [0.5, 0.6) is 0 Å². The predicted molar refractivity (Wildman–Crippen MR) is 108 cm³/mol. The number of benzene rings is 2. The fourth-order valence-corrected chi connectivity index (χ4v) is 3.14. The van der Waals surface area contributed by atoms with Gasteiger partial charge in [-0.3, -0.25) is 14.4 Å². The zero-order valence-corrected chi connectivity index (χ0v) is 16.3. The largest absolute Gasteiger partial charge is 0.449 e. The van der Waals surface area contributed by atoms with Crippen molar-refractivity contribution in [1.82, 2.24) is 0 Å². The van der Waals surface area contributed by atoms with Gasteiger partial charge in [0, 0.05) is 24.2 Å². The molecule has 1 heterocycles. The number of carbonyl (C=O) groups is 4. The van der Waals surface area contributed by atoms with E-state index in [2.05, 4.69) is 5.32 Å². The molecule has 0 radical (unpaired) electrons. The Kier molecular flexibility index (Phi) is 6.07. The summed E-state index contributed by atoms with van der Waals surface area (Å²) in [5.41, 5.74) is 1.63. The van der Waals surface area contributed by atoms with Crippen LogP contribution in [-0.4, -0.2) is 36.2 Å². The van der Waals surface area contributed by atoms with Gasteiger partial charge in [0.2, 0.25) is 5.91 Å². The third-order valence-electron chi connectivity index (χ3n) is 4.68. The van der Waals surface area contributed by atoms with E-state index in [0.29, 0.717) is 29.9 Å². The number of carbonyl (C=O) groups excluding carboxylic acids is 4. The summed E-state index contributed by atoms with van der Waals surface area (Å²) in [7, 11) is 0. The molecule has 1 aliphatic heterocycles. The number of ether oxygens (including phenoxy) is 1. The van der Waals surface area contributed by atoms with E-state index in [1.54, 1.807) is 53.4 Å². The lowest BCUT2D eigenvalue weighted by molar-refractivity contribution is -0.123. The summed E-state index contributed by atoms with van der Waals surface area (Å²) in [4.78, 5) is 50.1. The van der Waals surface area contributed by atoms with E-state index in [4.69, 9.17) is 4.74 Å². The number of para-hydroxylation sites is 1. The third kappa shape index (κ3) is 4.68. The molecule has 1 fully saturated rings. The molecule has 0 spiro atoms. The summed E-state index contributed by atoms with van der Waals surface area (Å²) in [5.74, 6) is -1.37. The van der Waals surface area contributed by atoms with Crippen LogP contribution in [0.3, 0.4) is 0 Å². The molecule has 1 N–H and O–H groups in total. The number of amides is 2. The van der Waals surface area contributed by atoms with Crippen LogP contribution in [0.25, 0.3) is 0 Å². The molecule has 2 amide bonds. The van der Waals surface area contributed by atoms with Gasteiger partial charge in [-0.1, -0.05) is 18.2 Å². The highest BCUT2D eigenvalue weighted by molar-refractivity contribution is 6.05. The van der Waals surface area contributed by atoms with Crippen LogP contribution in [0.4, 0.5) is 11.4 Å². The standard InChI is InChI=1S/C22H22N2O5/c1-14(25)18-9-3-4-10-19(18)23-21(27)15(2)29-22(28)16-7-5-8-17(13-16)24-12-6-11-20(24)26/h3-5,7-10,13,15H,6,11-12H2,1-2H3,(H,23,27)/t15-/m0/s1. The van der Waals surface area contributed by atoms with E-state index in [1.165, 1.54) is 13.8 Å². The number of anilines is 2. The van der Waals surface area contributed by atoms with Crippen LogP contribution >= 0.6 is 0 Å². The van der Waals surface area contributed by atoms with Crippen LogP contribution < -0.4 is 10.2 Å². The van der Waals surface area contributed by atoms with Gasteiger partial charge in [-0.25, -0.2) is 4.79 Å². The summed E-state index contributed by atoms with van der Waals surface area (Å²) in [6.07, 6.45) is 0.208. The summed E-state index contributed by atoms with van der Waals surface area (Å²) in [6, 6.07) is 13.2. The molecular weight excluding hydrogens is 372 g/mol. The molecular formula is C22H22N2O5. The van der Waals surface area contributed by atoms with Crippen LogP contribution in [0.2, 0.25) is 0 Å². The van der Waals surface area contributed by atoms with Crippen molar-refractivity contribution >= 4 is 34.9 Å². The maximum Gasteiger partial charge on any atom is 0.338 e. The van der Waals surface area contributed by atoms with Gasteiger partial charge >= 0.3 is 5.97 Å². The van der Waals surface area contributed by atoms with E-state index < -0.39 is 18.0 Å². The first-order chi connectivity index (χ1) is 13.9. The van der Waals surface area contributed by atoms with Gasteiger partial charge in [0.15, 0.2) is 11.9 Å². The van der Waals surface area contributed by atoms with Crippen LogP contribution in [0.1, 0.15) is 47.4 Å². The normalized spacial score (nSPS) is 14.4. The zero-order valence-electron chi connectivity index (χ0n) is 16.3. The number of hydrogen-bond donors (Lipinski definition) is 1. The van der Waals surface area contributed by atoms with E-state index in [-0.39, 0.29) is 17.3 Å². The van der Waals surface area contributed by atoms with Gasteiger partial charge in [0.1, 0.15) is 0 Å². The second kappa shape index (κ2) is 8.68. The van der Waals surface area contributed by atoms with Crippen molar-refractivity contribution in [3.8, 4) is 0 Å². The highest BCUT2D eigenvalue weighted by atomic mass is 16.5. The van der Waals surface area contributed by atoms with Gasteiger partial charge in [-0.15, -0.1) is 0 Å². The van der Waals surface area contributed by atoms with Crippen molar-refractivity contribution in [3.05, 3.63) is 59.7 Å². The van der Waals surface area contributed by atoms with E-state index in [9.17, 15) is 19.2 Å². The fraction of sp³-hybridized carbons (Fsp3) is 0.273. The molecule has 150 valence electrons. The van der Waals surface area contributed by atoms with Crippen LogP contribution in [-0.2, 0) is 14.3 Å². The minimum Gasteiger partial charge on any atom is -0.449 e. The van der Waals surface area contributed by atoms with Crippen LogP contribution in [0.15, 0.2) is 48.5 Å². The molecule has 7 nitrogen and oxygen atoms in total. The van der Waals surface area contributed by atoms with E-state index in [0.717, 1.165) is 6.42 Å². The SMILES string of the molecule is CC(=O)c1ccccc1NC(=O)[C@H](C)OC(=O)c1cccc(N2CCCC2=O)c1. The third-order valence-corrected chi connectivity index (χ3v) is 4.68. The number of nitrogens with one attached hydrogen (secondary N) is 1. The summed E-state index contributed by atoms with van der Waals surface area (Å²) >= 11 is 0. The number of esters is 1. The van der Waals surface area contributed by atoms with Crippen molar-refractivity contribution in [2.24, 2.45) is 0 Å². The minimum absolute atomic E-state index is 0.0207. The highest BCUT2D eigenvalue weighted by Gasteiger charge is 2.24. The quantitative estimate of drug-likeness (QED) is 0.600. The molecule has 0 unspecified atom stereocenters. The smallest absolute Gasteiger partial charge is 0.338 e. The lowest BCUT2D eigenvalue weighted by atomic mass is 10.1. The summed E-state index contributed by atoms with van der Waals surface area (Å²) in [6.45, 7) is 3.48. The Balaban J connectivity index is 1.67. The molecule has 7 heteroatoms. The lowest BCUT2D eigenvalue weighted by Gasteiger charge is -2.17. The molecule has 0 aliphatic carbocycles. The molecule has 0 aromatic heterocycles. The first-order valence-electron chi connectivity index (χ1n) is 9.39. The Morgan fingerprint density at radius 1 is 1.10 bits per heavy atom. The number of Topliss-reactive ketones (excluding diaryl/α,β-unsaturated/α-hetero) is 1. The van der Waals surface area contributed by atoms with E-state index in [1.807, 2.05) is 0 Å². The maximum atomic E-state index is 12.5. The molecule has 29 heavy (non-hydrogen) atoms. The molecule has 2 aromatic carbocycles. The van der Waals surface area contributed by atoms with Gasteiger partial charge in [-0.2, -0.15) is 0 Å². The van der Waals surface area contributed by atoms with Crippen molar-refractivity contribution in [2.45, 2.75) is 32.8 Å². The second-order valence-electron chi connectivity index (χ2n) is 6.84. The van der Waals surface area contributed by atoms with Gasteiger partial charge in [0.25, 0.3) is 5.91 Å². The topological polar surface area (TPSA) is 92.8 Å². The average molecular weight is 394 g/mol. The monoisotopic (exact) mass is 394 g/mol. The number of hydrogen-bond acceptors (Lipinski definition) is 5. The fourth-order valence-electron chi connectivity index (χ4n) is 3.14. The van der Waals surface area contributed by atoms with Crippen molar-refractivity contribution in [1.29, 1.82) is 0 Å². The summed E-state index contributed by atoms with van der Waals surface area (Å²) in [5, 5.41) is 2.62. The zero-order chi connectivity index (χ0) is 21.0. The Morgan fingerprint density at radius 2 is 1.86 bits per heavy atom. The molecule has 2 aromatic rings. The van der Waals surface area contributed by atoms with Crippen molar-refractivity contribution in [3.63, 3.8) is 0 Å². The van der Waals surface area contributed by atoms with Crippen molar-refractivity contribution < 1.29 is 23.9 Å². The average Bonchev–Trinajstić information content (AvgIpc) is 3.14. The highest BCUT2D eigenvalue weighted by Crippen LogP contribution is 2.23. The van der Waals surface area contributed by atoms with Gasteiger partial charge < -0.3 is 15.0 Å². The Morgan fingerprint density at radius 3 is 2.55 bits per heavy atom. The van der Waals surface area contributed by atoms with Crippen molar-refractivity contribution in [2.75, 3.05) is 16.8 Å². The maximum absolute atomic E-state index is 12.5. The Labute approximate surface area is 168 Å².